The summed E-state index contributed by atoms with van der Waals surface area (Å²) in [5.74, 6) is 1.25. The minimum atomic E-state index is -0.252. The Morgan fingerprint density at radius 1 is 1.16 bits per heavy atom. The fourth-order valence-corrected chi connectivity index (χ4v) is 5.47. The summed E-state index contributed by atoms with van der Waals surface area (Å²) >= 11 is 0. The van der Waals surface area contributed by atoms with Gasteiger partial charge in [0.15, 0.2) is 0 Å². The fourth-order valence-electron chi connectivity index (χ4n) is 5.47. The summed E-state index contributed by atoms with van der Waals surface area (Å²) < 4.78 is 18.4. The summed E-state index contributed by atoms with van der Waals surface area (Å²) in [6, 6.07) is 9.17. The standard InChI is InChI=1S/C20H25BO4/c1-19(2)13-9-16(19)20(3)17(10-13)24-21(25-20)14-11-15(14)23-18(22)12-7-5-4-6-8-12/h4-8,13-17H,9-11H2,1-3H3/t13-,14?,15?,16-,17?,20-/m0/s1. The van der Waals surface area contributed by atoms with E-state index in [0.717, 1.165) is 18.8 Å². The second-order valence-corrected chi connectivity index (χ2v) is 9.05. The normalized spacial score (nSPS) is 43.2. The van der Waals surface area contributed by atoms with Gasteiger partial charge in [-0.25, -0.2) is 4.79 Å². The first-order valence-corrected chi connectivity index (χ1v) is 9.49. The van der Waals surface area contributed by atoms with Crippen molar-refractivity contribution in [1.29, 1.82) is 0 Å². The van der Waals surface area contributed by atoms with Crippen molar-refractivity contribution in [1.82, 2.24) is 0 Å². The highest BCUT2D eigenvalue weighted by Gasteiger charge is 2.70. The Bertz CT molecular complexity index is 705. The molecule has 1 aromatic carbocycles. The van der Waals surface area contributed by atoms with Crippen LogP contribution in [0.25, 0.3) is 0 Å². The number of carbonyl (C=O) groups excluding carboxylic acids is 1. The Hall–Kier alpha value is -1.33. The molecule has 0 N–H and O–H groups in total. The van der Waals surface area contributed by atoms with Gasteiger partial charge in [0.25, 0.3) is 0 Å². The van der Waals surface area contributed by atoms with Crippen LogP contribution in [0.1, 0.15) is 50.4 Å². The number of hydrogen-bond donors (Lipinski definition) is 0. The molecule has 5 aliphatic rings. The molecule has 4 nitrogen and oxygen atoms in total. The summed E-state index contributed by atoms with van der Waals surface area (Å²) in [7, 11) is -0.223. The van der Waals surface area contributed by atoms with Crippen molar-refractivity contribution in [3.63, 3.8) is 0 Å². The van der Waals surface area contributed by atoms with Gasteiger partial charge in [0.1, 0.15) is 6.10 Å². The number of benzene rings is 1. The predicted octanol–water partition coefficient (Wildman–Crippen LogP) is 3.71. The summed E-state index contributed by atoms with van der Waals surface area (Å²) in [5, 5.41) is 0. The van der Waals surface area contributed by atoms with Gasteiger partial charge in [-0.05, 0) is 55.6 Å². The quantitative estimate of drug-likeness (QED) is 0.622. The van der Waals surface area contributed by atoms with Crippen LogP contribution in [0.5, 0.6) is 0 Å². The van der Waals surface area contributed by atoms with Crippen LogP contribution < -0.4 is 0 Å². The van der Waals surface area contributed by atoms with E-state index in [1.54, 1.807) is 12.1 Å². The van der Waals surface area contributed by atoms with Crippen LogP contribution in [0, 0.1) is 17.3 Å². The van der Waals surface area contributed by atoms with Crippen molar-refractivity contribution in [2.24, 2.45) is 17.3 Å². The molecule has 1 heterocycles. The number of esters is 1. The van der Waals surface area contributed by atoms with Gasteiger partial charge in [0.2, 0.25) is 0 Å². The fraction of sp³-hybridized carbons (Fsp3) is 0.650. The molecule has 0 aromatic heterocycles. The molecule has 3 unspecified atom stereocenters. The average Bonchev–Trinajstić information content (AvgIpc) is 3.25. The lowest BCUT2D eigenvalue weighted by Crippen LogP contribution is -2.65. The SMILES string of the molecule is CC1(C)[C@@H]2CC3OB(C4CC4OC(=O)c4ccccc4)O[C@@]3(C)[C@H]1C2. The van der Waals surface area contributed by atoms with E-state index in [4.69, 9.17) is 14.0 Å². The second kappa shape index (κ2) is 5.11. The van der Waals surface area contributed by atoms with E-state index < -0.39 is 0 Å². The highest BCUT2D eigenvalue weighted by molar-refractivity contribution is 6.49. The molecule has 25 heavy (non-hydrogen) atoms. The molecule has 2 bridgehead atoms. The zero-order valence-electron chi connectivity index (χ0n) is 15.1. The zero-order valence-corrected chi connectivity index (χ0v) is 15.1. The topological polar surface area (TPSA) is 44.8 Å². The zero-order chi connectivity index (χ0) is 17.4. The second-order valence-electron chi connectivity index (χ2n) is 9.05. The van der Waals surface area contributed by atoms with E-state index in [-0.39, 0.29) is 36.7 Å². The summed E-state index contributed by atoms with van der Waals surface area (Å²) in [4.78, 5) is 12.2. The maximum atomic E-state index is 12.2. The lowest BCUT2D eigenvalue weighted by atomic mass is 9.43. The first kappa shape index (κ1) is 15.9. The predicted molar refractivity (Wildman–Crippen MR) is 94.1 cm³/mol. The minimum Gasteiger partial charge on any atom is -0.459 e. The van der Waals surface area contributed by atoms with Gasteiger partial charge in [0, 0.05) is 5.82 Å². The van der Waals surface area contributed by atoms with Crippen molar-refractivity contribution in [2.75, 3.05) is 0 Å². The Morgan fingerprint density at radius 2 is 1.92 bits per heavy atom. The van der Waals surface area contributed by atoms with Gasteiger partial charge in [-0.3, -0.25) is 0 Å². The number of hydrogen-bond acceptors (Lipinski definition) is 4. The molecule has 4 aliphatic carbocycles. The van der Waals surface area contributed by atoms with Crippen LogP contribution in [0.15, 0.2) is 30.3 Å². The molecule has 6 rings (SSSR count). The highest BCUT2D eigenvalue weighted by Crippen LogP contribution is 2.66. The lowest BCUT2D eigenvalue weighted by molar-refractivity contribution is -0.199. The first-order chi connectivity index (χ1) is 11.9. The van der Waals surface area contributed by atoms with Gasteiger partial charge in [-0.2, -0.15) is 0 Å². The average molecular weight is 340 g/mol. The third kappa shape index (κ3) is 2.25. The largest absolute Gasteiger partial charge is 0.464 e. The summed E-state index contributed by atoms with van der Waals surface area (Å²) in [6.07, 6.45) is 3.30. The molecule has 132 valence electrons. The molecule has 1 aliphatic heterocycles. The molecule has 0 spiro atoms. The first-order valence-electron chi connectivity index (χ1n) is 9.49. The third-order valence-corrected chi connectivity index (χ3v) is 7.37. The van der Waals surface area contributed by atoms with Crippen LogP contribution in [-0.4, -0.2) is 30.9 Å². The molecule has 4 saturated carbocycles. The van der Waals surface area contributed by atoms with Crippen LogP contribution in [-0.2, 0) is 14.0 Å². The number of rotatable bonds is 3. The Morgan fingerprint density at radius 3 is 2.64 bits per heavy atom. The van der Waals surface area contributed by atoms with Crippen molar-refractivity contribution in [2.45, 2.75) is 63.7 Å². The van der Waals surface area contributed by atoms with E-state index in [1.165, 1.54) is 6.42 Å². The lowest BCUT2D eigenvalue weighted by Gasteiger charge is -2.64. The summed E-state index contributed by atoms with van der Waals surface area (Å²) in [6.45, 7) is 6.96. The smallest absolute Gasteiger partial charge is 0.459 e. The van der Waals surface area contributed by atoms with Crippen LogP contribution in [0.3, 0.4) is 0 Å². The van der Waals surface area contributed by atoms with Crippen molar-refractivity contribution >= 4 is 13.1 Å². The maximum Gasteiger partial charge on any atom is 0.464 e. The number of carbonyl (C=O) groups is 1. The van der Waals surface area contributed by atoms with Crippen molar-refractivity contribution < 1.29 is 18.8 Å². The monoisotopic (exact) mass is 340 g/mol. The van der Waals surface area contributed by atoms with E-state index in [2.05, 4.69) is 20.8 Å². The molecule has 1 aromatic rings. The van der Waals surface area contributed by atoms with E-state index in [0.29, 0.717) is 16.9 Å². The Kier molecular flexibility index (Phi) is 3.25. The number of ether oxygens (including phenoxy) is 1. The van der Waals surface area contributed by atoms with Crippen LogP contribution >= 0.6 is 0 Å². The maximum absolute atomic E-state index is 12.2. The van der Waals surface area contributed by atoms with Gasteiger partial charge in [-0.1, -0.05) is 32.0 Å². The van der Waals surface area contributed by atoms with E-state index in [9.17, 15) is 4.79 Å². The van der Waals surface area contributed by atoms with Gasteiger partial charge < -0.3 is 14.0 Å². The van der Waals surface area contributed by atoms with Crippen LogP contribution in [0.4, 0.5) is 0 Å². The van der Waals surface area contributed by atoms with Crippen molar-refractivity contribution in [3.8, 4) is 0 Å². The molecular formula is C20H25BO4. The molecule has 0 amide bonds. The molecule has 5 fully saturated rings. The third-order valence-electron chi connectivity index (χ3n) is 7.37. The van der Waals surface area contributed by atoms with Gasteiger partial charge in [0.05, 0.1) is 17.3 Å². The molecule has 6 atom stereocenters. The highest BCUT2D eigenvalue weighted by atomic mass is 16.7. The summed E-state index contributed by atoms with van der Waals surface area (Å²) in [5.41, 5.74) is 0.774. The van der Waals surface area contributed by atoms with Gasteiger partial charge in [-0.15, -0.1) is 0 Å². The van der Waals surface area contributed by atoms with Gasteiger partial charge >= 0.3 is 13.1 Å². The molecular weight excluding hydrogens is 315 g/mol. The van der Waals surface area contributed by atoms with Crippen molar-refractivity contribution in [3.05, 3.63) is 35.9 Å². The molecule has 1 saturated heterocycles. The molecule has 5 heteroatoms. The minimum absolute atomic E-state index is 0.0792. The van der Waals surface area contributed by atoms with E-state index >= 15 is 0 Å². The Labute approximate surface area is 149 Å². The van der Waals surface area contributed by atoms with Crippen LogP contribution in [0.2, 0.25) is 5.82 Å². The molecule has 0 radical (unpaired) electrons. The van der Waals surface area contributed by atoms with E-state index in [1.807, 2.05) is 18.2 Å². The Balaban J connectivity index is 1.23.